The first kappa shape index (κ1) is 12.5. The van der Waals surface area contributed by atoms with E-state index in [4.69, 9.17) is 0 Å². The molecule has 0 spiro atoms. The molecule has 0 saturated carbocycles. The molecular weight excluding hydrogens is 332 g/mol. The van der Waals surface area contributed by atoms with Gasteiger partial charge in [-0.1, -0.05) is 12.1 Å². The third-order valence-electron chi connectivity index (χ3n) is 3.32. The van der Waals surface area contributed by atoms with E-state index in [1.807, 2.05) is 42.1 Å². The van der Waals surface area contributed by atoms with Crippen LogP contribution in [0.2, 0.25) is 0 Å². The highest BCUT2D eigenvalue weighted by molar-refractivity contribution is 9.10. The predicted octanol–water partition coefficient (Wildman–Crippen LogP) is 2.59. The lowest BCUT2D eigenvalue weighted by molar-refractivity contribution is 0.648. The second-order valence-corrected chi connectivity index (χ2v) is 5.67. The summed E-state index contributed by atoms with van der Waals surface area (Å²) in [4.78, 5) is 8.99. The molecule has 0 atom stereocenters. The summed E-state index contributed by atoms with van der Waals surface area (Å²) < 4.78 is 4.52. The Morgan fingerprint density at radius 3 is 2.86 bits per heavy atom. The van der Waals surface area contributed by atoms with Gasteiger partial charge in [-0.3, -0.25) is 4.68 Å². The van der Waals surface area contributed by atoms with E-state index in [0.29, 0.717) is 12.4 Å². The van der Waals surface area contributed by atoms with Crippen molar-refractivity contribution in [2.24, 2.45) is 0 Å². The van der Waals surface area contributed by atoms with Gasteiger partial charge in [-0.25, -0.2) is 14.5 Å². The van der Waals surface area contributed by atoms with Gasteiger partial charge in [0.2, 0.25) is 0 Å². The zero-order valence-electron chi connectivity index (χ0n) is 11.2. The van der Waals surface area contributed by atoms with Crippen molar-refractivity contribution in [3.8, 4) is 0 Å². The first-order valence-electron chi connectivity index (χ1n) is 6.49. The number of halogens is 1. The molecule has 0 fully saturated rings. The van der Waals surface area contributed by atoms with Crippen LogP contribution in [0, 0.1) is 6.92 Å². The van der Waals surface area contributed by atoms with Crippen LogP contribution in [-0.4, -0.2) is 29.4 Å². The van der Waals surface area contributed by atoms with Crippen molar-refractivity contribution in [2.75, 3.05) is 0 Å². The summed E-state index contributed by atoms with van der Waals surface area (Å²) in [6.07, 6.45) is 3.62. The predicted molar refractivity (Wildman–Crippen MR) is 82.1 cm³/mol. The van der Waals surface area contributed by atoms with Crippen molar-refractivity contribution in [1.29, 1.82) is 0 Å². The molecule has 0 aliphatic heterocycles. The molecule has 1 aromatic carbocycles. The molecule has 0 unspecified atom stereocenters. The molecule has 3 aromatic heterocycles. The minimum Gasteiger partial charge on any atom is -0.264 e. The van der Waals surface area contributed by atoms with Gasteiger partial charge < -0.3 is 0 Å². The van der Waals surface area contributed by atoms with Crippen LogP contribution in [0.4, 0.5) is 0 Å². The van der Waals surface area contributed by atoms with Crippen LogP contribution < -0.4 is 0 Å². The van der Waals surface area contributed by atoms with Gasteiger partial charge in [-0.2, -0.15) is 5.10 Å². The van der Waals surface area contributed by atoms with E-state index in [2.05, 4.69) is 36.1 Å². The van der Waals surface area contributed by atoms with Crippen molar-refractivity contribution >= 4 is 32.5 Å². The number of hydrogen-bond acceptors (Lipinski definition) is 4. The Morgan fingerprint density at radius 1 is 1.19 bits per heavy atom. The molecular formula is C14H11BrN6. The number of hydrogen-bond donors (Lipinski definition) is 0. The summed E-state index contributed by atoms with van der Waals surface area (Å²) in [7, 11) is 0. The van der Waals surface area contributed by atoms with Crippen LogP contribution in [-0.2, 0) is 6.54 Å². The lowest BCUT2D eigenvalue weighted by Crippen LogP contribution is -2.02. The highest BCUT2D eigenvalue weighted by Crippen LogP contribution is 2.17. The fourth-order valence-corrected chi connectivity index (χ4v) is 2.63. The summed E-state index contributed by atoms with van der Waals surface area (Å²) in [6.45, 7) is 2.48. The monoisotopic (exact) mass is 342 g/mol. The summed E-state index contributed by atoms with van der Waals surface area (Å²) >= 11 is 3.46. The average Bonchev–Trinajstić information content (AvgIpc) is 3.02. The van der Waals surface area contributed by atoms with E-state index in [0.717, 1.165) is 26.7 Å². The molecule has 4 aromatic rings. The Labute approximate surface area is 128 Å². The van der Waals surface area contributed by atoms with Gasteiger partial charge in [0, 0.05) is 11.6 Å². The lowest BCUT2D eigenvalue weighted by atomic mass is 10.2. The van der Waals surface area contributed by atoms with Gasteiger partial charge in [0.25, 0.3) is 0 Å². The Balaban J connectivity index is 1.81. The van der Waals surface area contributed by atoms with Crippen LogP contribution in [0.15, 0.2) is 41.3 Å². The van der Waals surface area contributed by atoms with E-state index in [-0.39, 0.29) is 0 Å². The van der Waals surface area contributed by atoms with Crippen LogP contribution in [0.1, 0.15) is 11.5 Å². The topological polar surface area (TPSA) is 60.9 Å². The van der Waals surface area contributed by atoms with Gasteiger partial charge in [-0.05, 0) is 35.0 Å². The summed E-state index contributed by atoms with van der Waals surface area (Å²) in [5.74, 6) is 0.711. The summed E-state index contributed by atoms with van der Waals surface area (Å²) in [6, 6.07) is 7.92. The van der Waals surface area contributed by atoms with E-state index in [1.54, 1.807) is 10.8 Å². The Kier molecular flexibility index (Phi) is 2.75. The first-order valence-corrected chi connectivity index (χ1v) is 7.28. The number of aryl methyl sites for hydroxylation is 1. The average molecular weight is 343 g/mol. The summed E-state index contributed by atoms with van der Waals surface area (Å²) in [5, 5.41) is 9.86. The van der Waals surface area contributed by atoms with Crippen molar-refractivity contribution in [1.82, 2.24) is 29.4 Å². The quantitative estimate of drug-likeness (QED) is 0.561. The van der Waals surface area contributed by atoms with Gasteiger partial charge in [-0.15, -0.1) is 5.10 Å². The smallest absolute Gasteiger partial charge is 0.173 e. The number of aromatic nitrogens is 6. The van der Waals surface area contributed by atoms with Crippen molar-refractivity contribution < 1.29 is 0 Å². The van der Waals surface area contributed by atoms with E-state index < -0.39 is 0 Å². The Hall–Kier alpha value is -2.28. The lowest BCUT2D eigenvalue weighted by Gasteiger charge is -1.96. The molecule has 0 aliphatic carbocycles. The molecule has 6 nitrogen and oxygen atoms in total. The second-order valence-electron chi connectivity index (χ2n) is 4.82. The number of fused-ring (bicyclic) bond motifs is 3. The molecule has 4 rings (SSSR count). The molecule has 0 amide bonds. The van der Waals surface area contributed by atoms with Gasteiger partial charge in [0.1, 0.15) is 12.9 Å². The fourth-order valence-electron chi connectivity index (χ4n) is 2.31. The zero-order chi connectivity index (χ0) is 14.4. The molecule has 0 radical (unpaired) electrons. The van der Waals surface area contributed by atoms with Crippen molar-refractivity contribution in [3.05, 3.63) is 52.8 Å². The van der Waals surface area contributed by atoms with E-state index in [9.17, 15) is 0 Å². The SMILES string of the molecule is Cc1nn(Cc2nc3c4ccccc4ncn3n2)cc1Br. The normalized spacial score (nSPS) is 11.5. The molecule has 0 aliphatic rings. The standard InChI is InChI=1S/C14H11BrN6/c1-9-11(15)6-20(18-9)7-13-17-14-10-4-2-3-5-12(10)16-8-21(14)19-13/h2-6,8H,7H2,1H3. The molecule has 0 saturated heterocycles. The number of para-hydroxylation sites is 1. The third-order valence-corrected chi connectivity index (χ3v) is 4.09. The molecule has 7 heteroatoms. The Morgan fingerprint density at radius 2 is 2.05 bits per heavy atom. The molecule has 0 bridgehead atoms. The summed E-state index contributed by atoms with van der Waals surface area (Å²) in [5.41, 5.74) is 2.69. The maximum absolute atomic E-state index is 4.61. The number of nitrogens with zero attached hydrogens (tertiary/aromatic N) is 6. The molecule has 0 N–H and O–H groups in total. The zero-order valence-corrected chi connectivity index (χ0v) is 12.8. The molecule has 3 heterocycles. The fraction of sp³-hybridized carbons (Fsp3) is 0.143. The third kappa shape index (κ3) is 2.09. The van der Waals surface area contributed by atoms with Gasteiger partial charge in [0.05, 0.1) is 15.7 Å². The minimum absolute atomic E-state index is 0.530. The second kappa shape index (κ2) is 4.63. The van der Waals surface area contributed by atoms with Crippen LogP contribution in [0.25, 0.3) is 16.6 Å². The van der Waals surface area contributed by atoms with Gasteiger partial charge in [0.15, 0.2) is 11.5 Å². The molecule has 104 valence electrons. The highest BCUT2D eigenvalue weighted by atomic mass is 79.9. The molecule has 21 heavy (non-hydrogen) atoms. The maximum atomic E-state index is 4.61. The van der Waals surface area contributed by atoms with Crippen LogP contribution in [0.5, 0.6) is 0 Å². The van der Waals surface area contributed by atoms with Crippen LogP contribution >= 0.6 is 15.9 Å². The van der Waals surface area contributed by atoms with Crippen molar-refractivity contribution in [3.63, 3.8) is 0 Å². The van der Waals surface area contributed by atoms with Crippen molar-refractivity contribution in [2.45, 2.75) is 13.5 Å². The largest absolute Gasteiger partial charge is 0.264 e. The highest BCUT2D eigenvalue weighted by Gasteiger charge is 2.09. The number of benzene rings is 1. The van der Waals surface area contributed by atoms with E-state index >= 15 is 0 Å². The van der Waals surface area contributed by atoms with Gasteiger partial charge >= 0.3 is 0 Å². The first-order chi connectivity index (χ1) is 10.2. The minimum atomic E-state index is 0.530. The van der Waals surface area contributed by atoms with E-state index in [1.165, 1.54) is 0 Å². The maximum Gasteiger partial charge on any atom is 0.173 e. The Bertz CT molecular complexity index is 935. The van der Waals surface area contributed by atoms with Crippen LogP contribution in [0.3, 0.4) is 0 Å². The number of rotatable bonds is 2.